The molecule has 11 heteroatoms. The minimum absolute atomic E-state index is 0.0453. The van der Waals surface area contributed by atoms with Gasteiger partial charge in [0.1, 0.15) is 5.75 Å². The molecule has 0 saturated heterocycles. The standard InChI is InChI=1S/C24H18N4O7/c1-34-20-12-11-16(28(32)33)13-19(20)25-21(29)14-35-24(31)22-17-9-5-6-10-18(17)23(30)27(26-22)15-7-3-2-4-8-15/h2-13H,14H2,1H3,(H,25,29). The highest BCUT2D eigenvalue weighted by atomic mass is 16.6. The number of carbonyl (C=O) groups excluding carboxylic acids is 2. The molecular formula is C24H18N4O7. The van der Waals surface area contributed by atoms with E-state index in [1.165, 1.54) is 19.2 Å². The number of nitrogens with zero attached hydrogens (tertiary/aromatic N) is 3. The summed E-state index contributed by atoms with van der Waals surface area (Å²) in [6.45, 7) is -0.703. The Labute approximate surface area is 197 Å². The Kier molecular flexibility index (Phi) is 6.49. The molecular weight excluding hydrogens is 456 g/mol. The van der Waals surface area contributed by atoms with Crippen LogP contribution >= 0.6 is 0 Å². The summed E-state index contributed by atoms with van der Waals surface area (Å²) >= 11 is 0. The van der Waals surface area contributed by atoms with E-state index in [4.69, 9.17) is 9.47 Å². The third-order valence-corrected chi connectivity index (χ3v) is 5.00. The molecule has 0 fully saturated rings. The maximum Gasteiger partial charge on any atom is 0.359 e. The van der Waals surface area contributed by atoms with E-state index >= 15 is 0 Å². The van der Waals surface area contributed by atoms with Gasteiger partial charge in [-0.3, -0.25) is 19.7 Å². The van der Waals surface area contributed by atoms with Gasteiger partial charge in [0.15, 0.2) is 12.3 Å². The third kappa shape index (κ3) is 4.83. The first-order valence-corrected chi connectivity index (χ1v) is 10.3. The number of benzene rings is 3. The number of nitro groups is 1. The number of methoxy groups -OCH3 is 1. The van der Waals surface area contributed by atoms with Crippen LogP contribution in [0.25, 0.3) is 16.5 Å². The summed E-state index contributed by atoms with van der Waals surface area (Å²) in [5, 5.41) is 18.2. The van der Waals surface area contributed by atoms with Crippen LogP contribution in [0.1, 0.15) is 10.5 Å². The molecule has 0 unspecified atom stereocenters. The lowest BCUT2D eigenvalue weighted by atomic mass is 10.1. The number of rotatable bonds is 7. The molecule has 1 amide bonds. The van der Waals surface area contributed by atoms with Crippen molar-refractivity contribution in [3.63, 3.8) is 0 Å². The Morgan fingerprint density at radius 1 is 1.03 bits per heavy atom. The van der Waals surface area contributed by atoms with Crippen LogP contribution in [0, 0.1) is 10.1 Å². The highest BCUT2D eigenvalue weighted by Crippen LogP contribution is 2.28. The second-order valence-corrected chi connectivity index (χ2v) is 7.21. The second-order valence-electron chi connectivity index (χ2n) is 7.21. The summed E-state index contributed by atoms with van der Waals surface area (Å²) in [5.41, 5.74) is -0.322. The SMILES string of the molecule is COc1ccc([N+](=O)[O-])cc1NC(=O)COC(=O)c1nn(-c2ccccc2)c(=O)c2ccccc12. The number of esters is 1. The van der Waals surface area contributed by atoms with Gasteiger partial charge in [-0.25, -0.2) is 4.79 Å². The molecule has 0 aliphatic rings. The van der Waals surface area contributed by atoms with E-state index in [9.17, 15) is 24.5 Å². The molecule has 0 radical (unpaired) electrons. The molecule has 0 aliphatic heterocycles. The molecule has 1 N–H and O–H groups in total. The lowest BCUT2D eigenvalue weighted by Crippen LogP contribution is -2.26. The van der Waals surface area contributed by atoms with Crippen molar-refractivity contribution >= 4 is 34.0 Å². The van der Waals surface area contributed by atoms with Crippen LogP contribution in [-0.4, -0.2) is 40.3 Å². The first-order chi connectivity index (χ1) is 16.9. The zero-order chi connectivity index (χ0) is 24.9. The number of nitro benzene ring substituents is 1. The van der Waals surface area contributed by atoms with Crippen LogP contribution in [0.5, 0.6) is 5.75 Å². The summed E-state index contributed by atoms with van der Waals surface area (Å²) in [6.07, 6.45) is 0. The molecule has 35 heavy (non-hydrogen) atoms. The van der Waals surface area contributed by atoms with E-state index in [0.717, 1.165) is 10.7 Å². The quantitative estimate of drug-likeness (QED) is 0.245. The monoisotopic (exact) mass is 474 g/mol. The van der Waals surface area contributed by atoms with Gasteiger partial charge in [0.25, 0.3) is 17.2 Å². The molecule has 1 heterocycles. The number of hydrogen-bond acceptors (Lipinski definition) is 8. The van der Waals surface area contributed by atoms with Crippen molar-refractivity contribution in [2.24, 2.45) is 0 Å². The number of non-ortho nitro benzene ring substituents is 1. The number of fused-ring (bicyclic) bond motifs is 1. The van der Waals surface area contributed by atoms with Crippen molar-refractivity contribution in [2.75, 3.05) is 19.0 Å². The van der Waals surface area contributed by atoms with Crippen molar-refractivity contribution in [1.29, 1.82) is 0 Å². The van der Waals surface area contributed by atoms with Crippen LogP contribution in [0.4, 0.5) is 11.4 Å². The van der Waals surface area contributed by atoms with Gasteiger partial charge in [0, 0.05) is 17.5 Å². The van der Waals surface area contributed by atoms with Crippen LogP contribution in [-0.2, 0) is 9.53 Å². The van der Waals surface area contributed by atoms with Crippen molar-refractivity contribution < 1.29 is 24.0 Å². The predicted molar refractivity (Wildman–Crippen MR) is 126 cm³/mol. The molecule has 11 nitrogen and oxygen atoms in total. The fourth-order valence-corrected chi connectivity index (χ4v) is 3.38. The van der Waals surface area contributed by atoms with Gasteiger partial charge in [-0.1, -0.05) is 36.4 Å². The highest BCUT2D eigenvalue weighted by Gasteiger charge is 2.20. The number of hydrogen-bond donors (Lipinski definition) is 1. The number of nitrogens with one attached hydrogen (secondary N) is 1. The van der Waals surface area contributed by atoms with Crippen LogP contribution in [0.2, 0.25) is 0 Å². The minimum atomic E-state index is -0.924. The van der Waals surface area contributed by atoms with Gasteiger partial charge in [-0.05, 0) is 24.3 Å². The van der Waals surface area contributed by atoms with Gasteiger partial charge >= 0.3 is 5.97 Å². The van der Waals surface area contributed by atoms with E-state index in [0.29, 0.717) is 5.69 Å². The van der Waals surface area contributed by atoms with Crippen molar-refractivity contribution in [3.05, 3.63) is 99.0 Å². The molecule has 0 aliphatic carbocycles. The Balaban J connectivity index is 1.59. The molecule has 0 bridgehead atoms. The zero-order valence-electron chi connectivity index (χ0n) is 18.3. The largest absolute Gasteiger partial charge is 0.495 e. The Bertz CT molecular complexity index is 1500. The van der Waals surface area contributed by atoms with E-state index in [1.807, 2.05) is 0 Å². The average molecular weight is 474 g/mol. The fourth-order valence-electron chi connectivity index (χ4n) is 3.38. The normalized spacial score (nSPS) is 10.5. The summed E-state index contributed by atoms with van der Waals surface area (Å²) in [5.74, 6) is -1.48. The molecule has 3 aromatic carbocycles. The van der Waals surface area contributed by atoms with E-state index in [2.05, 4.69) is 10.4 Å². The summed E-state index contributed by atoms with van der Waals surface area (Å²) in [4.78, 5) is 48.6. The lowest BCUT2D eigenvalue weighted by molar-refractivity contribution is -0.384. The molecule has 0 saturated carbocycles. The Morgan fingerprint density at radius 2 is 1.71 bits per heavy atom. The van der Waals surface area contributed by atoms with E-state index in [1.54, 1.807) is 54.6 Å². The smallest absolute Gasteiger partial charge is 0.359 e. The zero-order valence-corrected chi connectivity index (χ0v) is 18.3. The van der Waals surface area contributed by atoms with Gasteiger partial charge in [0.2, 0.25) is 0 Å². The number of anilines is 1. The van der Waals surface area contributed by atoms with Crippen molar-refractivity contribution in [1.82, 2.24) is 9.78 Å². The van der Waals surface area contributed by atoms with Crippen LogP contribution in [0.15, 0.2) is 77.6 Å². The number of para-hydroxylation sites is 1. The fraction of sp³-hybridized carbons (Fsp3) is 0.0833. The second kappa shape index (κ2) is 9.83. The van der Waals surface area contributed by atoms with E-state index in [-0.39, 0.29) is 33.6 Å². The first-order valence-electron chi connectivity index (χ1n) is 10.3. The molecule has 0 spiro atoms. The number of carbonyl (C=O) groups is 2. The number of aromatic nitrogens is 2. The maximum atomic E-state index is 12.9. The number of amides is 1. The molecule has 1 aromatic heterocycles. The van der Waals surface area contributed by atoms with Crippen LogP contribution in [0.3, 0.4) is 0 Å². The molecule has 0 atom stereocenters. The summed E-state index contributed by atoms with van der Waals surface area (Å²) in [7, 11) is 1.34. The summed E-state index contributed by atoms with van der Waals surface area (Å²) < 4.78 is 11.3. The van der Waals surface area contributed by atoms with Gasteiger partial charge < -0.3 is 14.8 Å². The first kappa shape index (κ1) is 23.1. The molecule has 176 valence electrons. The number of ether oxygens (including phenoxy) is 2. The molecule has 4 rings (SSSR count). The van der Waals surface area contributed by atoms with Crippen molar-refractivity contribution in [2.45, 2.75) is 0 Å². The summed E-state index contributed by atoms with van der Waals surface area (Å²) in [6, 6.07) is 18.7. The minimum Gasteiger partial charge on any atom is -0.495 e. The average Bonchev–Trinajstić information content (AvgIpc) is 2.88. The third-order valence-electron chi connectivity index (χ3n) is 5.00. The highest BCUT2D eigenvalue weighted by molar-refractivity contribution is 6.03. The predicted octanol–water partition coefficient (Wildman–Crippen LogP) is 3.10. The van der Waals surface area contributed by atoms with E-state index < -0.39 is 29.0 Å². The van der Waals surface area contributed by atoms with Gasteiger partial charge in [-0.15, -0.1) is 0 Å². The van der Waals surface area contributed by atoms with Crippen LogP contribution < -0.4 is 15.6 Å². The Hall–Kier alpha value is -5.06. The molecule has 4 aromatic rings. The van der Waals surface area contributed by atoms with Crippen molar-refractivity contribution in [3.8, 4) is 11.4 Å². The van der Waals surface area contributed by atoms with Gasteiger partial charge in [0.05, 0.1) is 28.8 Å². The van der Waals surface area contributed by atoms with Gasteiger partial charge in [-0.2, -0.15) is 9.78 Å². The lowest BCUT2D eigenvalue weighted by Gasteiger charge is -2.12. The topological polar surface area (TPSA) is 143 Å². The maximum absolute atomic E-state index is 12.9. The Morgan fingerprint density at radius 3 is 2.40 bits per heavy atom.